The van der Waals surface area contributed by atoms with Crippen molar-refractivity contribution in [1.29, 1.82) is 0 Å². The van der Waals surface area contributed by atoms with E-state index in [9.17, 15) is 3.89 Å². The Morgan fingerprint density at radius 2 is 2.17 bits per heavy atom. The number of allylic oxidation sites excluding steroid dienone is 2. The van der Waals surface area contributed by atoms with Crippen molar-refractivity contribution >= 4 is 12.1 Å². The summed E-state index contributed by atoms with van der Waals surface area (Å²) in [6.07, 6.45) is 7.56. The summed E-state index contributed by atoms with van der Waals surface area (Å²) in [7, 11) is 0. The fourth-order valence-corrected chi connectivity index (χ4v) is 2.22. The van der Waals surface area contributed by atoms with Crippen molar-refractivity contribution in [1.82, 2.24) is 0 Å². The molecule has 2 aliphatic carbocycles. The predicted molar refractivity (Wildman–Crippen MR) is 53.9 cm³/mol. The highest BCUT2D eigenvalue weighted by atomic mass is 32.2. The zero-order valence-corrected chi connectivity index (χ0v) is 8.46. The molecule has 0 bridgehead atoms. The van der Waals surface area contributed by atoms with Crippen LogP contribution in [0.3, 0.4) is 0 Å². The fourth-order valence-electron chi connectivity index (χ4n) is 1.71. The minimum Gasteiger partial charge on any atom is -0.164 e. The van der Waals surface area contributed by atoms with Crippen LogP contribution in [0, 0.1) is 0 Å². The average molecular weight is 186 g/mol. The molecule has 0 heterocycles. The van der Waals surface area contributed by atoms with Gasteiger partial charge < -0.3 is 0 Å². The summed E-state index contributed by atoms with van der Waals surface area (Å²) in [5.74, 6) is 0. The molecule has 0 aromatic heterocycles. The Morgan fingerprint density at radius 3 is 2.83 bits per heavy atom. The minimum absolute atomic E-state index is 0.0671. The van der Waals surface area contributed by atoms with Crippen LogP contribution in [0.5, 0.6) is 0 Å². The lowest BCUT2D eigenvalue weighted by molar-refractivity contribution is 0.872. The van der Waals surface area contributed by atoms with Gasteiger partial charge in [0.25, 0.3) is 0 Å². The average Bonchev–Trinajstić information content (AvgIpc) is 2.67. The Kier molecular flexibility index (Phi) is 3.86. The van der Waals surface area contributed by atoms with Crippen LogP contribution in [0.1, 0.15) is 33.1 Å². The molecule has 1 atom stereocenters. The third-order valence-corrected chi connectivity index (χ3v) is 2.85. The first kappa shape index (κ1) is 9.85. The van der Waals surface area contributed by atoms with Crippen molar-refractivity contribution in [2.75, 3.05) is 0 Å². The predicted octanol–water partition coefficient (Wildman–Crippen LogP) is 4.05. The monoisotopic (exact) mass is 186 g/mol. The van der Waals surface area contributed by atoms with Crippen molar-refractivity contribution in [2.45, 2.75) is 38.4 Å². The van der Waals surface area contributed by atoms with Gasteiger partial charge in [-0.25, -0.2) is 0 Å². The van der Waals surface area contributed by atoms with Gasteiger partial charge in [0.2, 0.25) is 0 Å². The molecule has 0 saturated carbocycles. The Hall–Kier alpha value is -0.240. The molecule has 0 radical (unpaired) electrons. The Bertz CT molecular complexity index is 206. The van der Waals surface area contributed by atoms with Gasteiger partial charge in [-0.1, -0.05) is 26.0 Å². The lowest BCUT2D eigenvalue weighted by Crippen LogP contribution is -1.95. The van der Waals surface area contributed by atoms with Crippen molar-refractivity contribution in [3.8, 4) is 0 Å². The molecule has 0 fully saturated rings. The summed E-state index contributed by atoms with van der Waals surface area (Å²) in [5, 5.41) is 0.0671. The number of halogens is 1. The van der Waals surface area contributed by atoms with Gasteiger partial charge in [-0.05, 0) is 30.4 Å². The normalized spacial score (nSPS) is 25.4. The highest BCUT2D eigenvalue weighted by molar-refractivity contribution is 7.95. The van der Waals surface area contributed by atoms with Gasteiger partial charge in [-0.15, -0.1) is 0 Å². The standard InChI is InChI=1S/C8H9FS.C2H6/c9-10-8-5-4-6-2-1-3-7(6)8;1-2/h4-5,8H,1-3H2;1-2H3. The van der Waals surface area contributed by atoms with E-state index < -0.39 is 0 Å². The highest BCUT2D eigenvalue weighted by Gasteiger charge is 2.24. The third-order valence-electron chi connectivity index (χ3n) is 2.22. The lowest BCUT2D eigenvalue weighted by Gasteiger charge is -2.03. The molecule has 2 aliphatic rings. The highest BCUT2D eigenvalue weighted by Crippen LogP contribution is 2.39. The Labute approximate surface area is 78.2 Å². The minimum atomic E-state index is 0.0671. The molecule has 0 saturated heterocycles. The van der Waals surface area contributed by atoms with Gasteiger partial charge in [0.15, 0.2) is 0 Å². The first-order valence-corrected chi connectivity index (χ1v) is 5.37. The fraction of sp³-hybridized carbons (Fsp3) is 0.600. The van der Waals surface area contributed by atoms with Crippen LogP contribution in [-0.4, -0.2) is 5.25 Å². The van der Waals surface area contributed by atoms with E-state index in [0.29, 0.717) is 12.1 Å². The van der Waals surface area contributed by atoms with E-state index >= 15 is 0 Å². The van der Waals surface area contributed by atoms with E-state index in [-0.39, 0.29) is 5.25 Å². The van der Waals surface area contributed by atoms with Crippen LogP contribution >= 0.6 is 12.1 Å². The first-order chi connectivity index (χ1) is 5.92. The molecule has 0 N–H and O–H groups in total. The molecule has 0 amide bonds. The van der Waals surface area contributed by atoms with Gasteiger partial charge in [0.05, 0.1) is 17.4 Å². The van der Waals surface area contributed by atoms with Gasteiger partial charge in [-0.2, -0.15) is 3.89 Å². The van der Waals surface area contributed by atoms with E-state index in [2.05, 4.69) is 6.08 Å². The maximum absolute atomic E-state index is 12.2. The second kappa shape index (κ2) is 4.70. The van der Waals surface area contributed by atoms with Crippen LogP contribution in [0.2, 0.25) is 0 Å². The van der Waals surface area contributed by atoms with Crippen LogP contribution in [0.15, 0.2) is 23.3 Å². The SMILES string of the molecule is CC.FSC1C=CC2=C1CCC2. The van der Waals surface area contributed by atoms with Crippen molar-refractivity contribution in [3.63, 3.8) is 0 Å². The molecule has 0 nitrogen and oxygen atoms in total. The zero-order valence-electron chi connectivity index (χ0n) is 7.64. The van der Waals surface area contributed by atoms with Crippen LogP contribution in [0.25, 0.3) is 0 Å². The first-order valence-electron chi connectivity index (χ1n) is 4.59. The Morgan fingerprint density at radius 1 is 1.42 bits per heavy atom. The van der Waals surface area contributed by atoms with Crippen molar-refractivity contribution in [3.05, 3.63) is 23.3 Å². The zero-order chi connectivity index (χ0) is 8.97. The van der Waals surface area contributed by atoms with Crippen LogP contribution in [-0.2, 0) is 0 Å². The van der Waals surface area contributed by atoms with E-state index in [1.807, 2.05) is 19.9 Å². The van der Waals surface area contributed by atoms with Crippen molar-refractivity contribution < 1.29 is 3.89 Å². The molecule has 2 rings (SSSR count). The molecule has 12 heavy (non-hydrogen) atoms. The molecule has 2 heteroatoms. The second-order valence-electron chi connectivity index (χ2n) is 2.77. The van der Waals surface area contributed by atoms with Crippen LogP contribution < -0.4 is 0 Å². The smallest absolute Gasteiger partial charge is 0.0762 e. The summed E-state index contributed by atoms with van der Waals surface area (Å²) in [4.78, 5) is 0. The number of rotatable bonds is 1. The summed E-state index contributed by atoms with van der Waals surface area (Å²) in [6.45, 7) is 4.00. The second-order valence-corrected chi connectivity index (χ2v) is 3.46. The van der Waals surface area contributed by atoms with E-state index in [0.717, 1.165) is 6.42 Å². The number of hydrogen-bond donors (Lipinski definition) is 0. The summed E-state index contributed by atoms with van der Waals surface area (Å²) >= 11 is 0.464. The van der Waals surface area contributed by atoms with Crippen molar-refractivity contribution in [2.24, 2.45) is 0 Å². The molecular weight excluding hydrogens is 171 g/mol. The molecule has 0 spiro atoms. The van der Waals surface area contributed by atoms with Crippen LogP contribution in [0.4, 0.5) is 3.89 Å². The maximum Gasteiger partial charge on any atom is 0.0762 e. The Balaban J connectivity index is 0.000000336. The lowest BCUT2D eigenvalue weighted by atomic mass is 10.2. The van der Waals surface area contributed by atoms with Gasteiger partial charge in [0.1, 0.15) is 0 Å². The largest absolute Gasteiger partial charge is 0.164 e. The molecule has 68 valence electrons. The van der Waals surface area contributed by atoms with E-state index in [1.165, 1.54) is 24.0 Å². The van der Waals surface area contributed by atoms with E-state index in [1.54, 1.807) is 0 Å². The number of hydrogen-bond acceptors (Lipinski definition) is 1. The summed E-state index contributed by atoms with van der Waals surface area (Å²) < 4.78 is 12.2. The maximum atomic E-state index is 12.2. The topological polar surface area (TPSA) is 0 Å². The van der Waals surface area contributed by atoms with Gasteiger partial charge >= 0.3 is 0 Å². The summed E-state index contributed by atoms with van der Waals surface area (Å²) in [5.41, 5.74) is 2.74. The third kappa shape index (κ3) is 1.74. The molecule has 0 aliphatic heterocycles. The molecular formula is C10H15FS. The summed E-state index contributed by atoms with van der Waals surface area (Å²) in [6, 6.07) is 0. The molecule has 1 unspecified atom stereocenters. The quantitative estimate of drug-likeness (QED) is 0.595. The molecule has 0 aromatic rings. The van der Waals surface area contributed by atoms with Gasteiger partial charge in [0, 0.05) is 0 Å². The molecule has 0 aromatic carbocycles. The van der Waals surface area contributed by atoms with E-state index in [4.69, 9.17) is 0 Å². The van der Waals surface area contributed by atoms with Gasteiger partial charge in [-0.3, -0.25) is 0 Å².